The van der Waals surface area contributed by atoms with Crippen LogP contribution in [0.4, 0.5) is 4.79 Å². The van der Waals surface area contributed by atoms with Gasteiger partial charge in [-0.3, -0.25) is 9.69 Å². The molecular formula is C17H31N3O3. The molecule has 2 fully saturated rings. The number of hydrogen-bond donors (Lipinski definition) is 1. The van der Waals surface area contributed by atoms with Crippen LogP contribution in [0.2, 0.25) is 0 Å². The first-order chi connectivity index (χ1) is 10.7. The predicted octanol–water partition coefficient (Wildman–Crippen LogP) is 1.99. The predicted molar refractivity (Wildman–Crippen MR) is 89.2 cm³/mol. The number of nitrogens with zero attached hydrogens (tertiary/aromatic N) is 2. The molecule has 2 atom stereocenters. The van der Waals surface area contributed by atoms with Crippen LogP contribution in [0.15, 0.2) is 0 Å². The van der Waals surface area contributed by atoms with Crippen molar-refractivity contribution < 1.29 is 14.3 Å². The summed E-state index contributed by atoms with van der Waals surface area (Å²) in [6.45, 7) is 10.8. The van der Waals surface area contributed by atoms with Crippen molar-refractivity contribution in [3.63, 3.8) is 0 Å². The van der Waals surface area contributed by atoms with Gasteiger partial charge in [0.05, 0.1) is 0 Å². The molecule has 0 aromatic heterocycles. The number of piperidine rings is 1. The number of ether oxygens (including phenoxy) is 1. The molecule has 0 saturated carbocycles. The fraction of sp³-hybridized carbons (Fsp3) is 0.882. The second-order valence-corrected chi connectivity index (χ2v) is 7.77. The smallest absolute Gasteiger partial charge is 0.410 e. The summed E-state index contributed by atoms with van der Waals surface area (Å²) in [5.74, 6) is 0.0353. The number of carbonyl (C=O) groups is 2. The number of likely N-dealkylation sites (tertiary alicyclic amines) is 2. The number of carbonyl (C=O) groups excluding carboxylic acids is 2. The van der Waals surface area contributed by atoms with Crippen molar-refractivity contribution in [3.8, 4) is 0 Å². The standard InChI is InChI=1S/C17H31N3O3/c1-13(21)18-14-7-5-9-19(11-14)12-15-8-6-10-20(15)16(22)23-17(2,3)4/h14-15H,5-12H2,1-4H3,(H,18,21)/t14-,15-/m1/s1. The molecule has 132 valence electrons. The Kier molecular flexibility index (Phi) is 5.89. The van der Waals surface area contributed by atoms with Crippen LogP contribution < -0.4 is 5.32 Å². The average molecular weight is 325 g/mol. The second-order valence-electron chi connectivity index (χ2n) is 7.77. The highest BCUT2D eigenvalue weighted by Crippen LogP contribution is 2.23. The number of rotatable bonds is 3. The highest BCUT2D eigenvalue weighted by molar-refractivity contribution is 5.73. The van der Waals surface area contributed by atoms with Crippen molar-refractivity contribution >= 4 is 12.0 Å². The van der Waals surface area contributed by atoms with Gasteiger partial charge in [-0.25, -0.2) is 4.79 Å². The molecule has 0 spiro atoms. The Morgan fingerprint density at radius 1 is 1.17 bits per heavy atom. The Bertz CT molecular complexity index is 433. The van der Waals surface area contributed by atoms with E-state index in [1.807, 2.05) is 25.7 Å². The van der Waals surface area contributed by atoms with E-state index >= 15 is 0 Å². The molecule has 2 aliphatic heterocycles. The molecule has 2 saturated heterocycles. The van der Waals surface area contributed by atoms with E-state index in [0.29, 0.717) is 0 Å². The lowest BCUT2D eigenvalue weighted by Gasteiger charge is -2.36. The molecule has 1 N–H and O–H groups in total. The zero-order valence-corrected chi connectivity index (χ0v) is 14.9. The third kappa shape index (κ3) is 5.68. The van der Waals surface area contributed by atoms with Crippen LogP contribution in [-0.4, -0.2) is 65.7 Å². The van der Waals surface area contributed by atoms with Gasteiger partial charge < -0.3 is 15.0 Å². The van der Waals surface area contributed by atoms with E-state index in [-0.39, 0.29) is 24.1 Å². The molecule has 0 unspecified atom stereocenters. The highest BCUT2D eigenvalue weighted by atomic mass is 16.6. The summed E-state index contributed by atoms with van der Waals surface area (Å²) in [6, 6.07) is 0.457. The lowest BCUT2D eigenvalue weighted by Crippen LogP contribution is -2.51. The Labute approximate surface area is 139 Å². The second kappa shape index (κ2) is 7.51. The first-order valence-electron chi connectivity index (χ1n) is 8.73. The van der Waals surface area contributed by atoms with Crippen molar-refractivity contribution in [2.45, 2.75) is 71.1 Å². The SMILES string of the molecule is CC(=O)N[C@@H]1CCCN(C[C@H]2CCCN2C(=O)OC(C)(C)C)C1. The molecule has 6 heteroatoms. The molecule has 2 rings (SSSR count). The minimum Gasteiger partial charge on any atom is -0.444 e. The quantitative estimate of drug-likeness (QED) is 0.862. The maximum absolute atomic E-state index is 12.4. The zero-order chi connectivity index (χ0) is 17.0. The number of hydrogen-bond acceptors (Lipinski definition) is 4. The van der Waals surface area contributed by atoms with E-state index in [4.69, 9.17) is 4.74 Å². The average Bonchev–Trinajstić information content (AvgIpc) is 2.84. The van der Waals surface area contributed by atoms with Crippen molar-refractivity contribution in [2.75, 3.05) is 26.2 Å². The molecule has 6 nitrogen and oxygen atoms in total. The summed E-state index contributed by atoms with van der Waals surface area (Å²) in [6.07, 6.45) is 3.99. The largest absolute Gasteiger partial charge is 0.444 e. The first-order valence-corrected chi connectivity index (χ1v) is 8.73. The van der Waals surface area contributed by atoms with Crippen LogP contribution in [0.3, 0.4) is 0 Å². The van der Waals surface area contributed by atoms with Crippen LogP contribution in [0.1, 0.15) is 53.4 Å². The maximum Gasteiger partial charge on any atom is 0.410 e. The topological polar surface area (TPSA) is 61.9 Å². The molecule has 2 aliphatic rings. The Morgan fingerprint density at radius 2 is 1.87 bits per heavy atom. The molecule has 2 heterocycles. The zero-order valence-electron chi connectivity index (χ0n) is 14.9. The van der Waals surface area contributed by atoms with E-state index in [2.05, 4.69) is 10.2 Å². The normalized spacial score (nSPS) is 26.2. The lowest BCUT2D eigenvalue weighted by molar-refractivity contribution is -0.120. The lowest BCUT2D eigenvalue weighted by atomic mass is 10.0. The monoisotopic (exact) mass is 325 g/mol. The third-order valence-electron chi connectivity index (χ3n) is 4.39. The Morgan fingerprint density at radius 3 is 2.52 bits per heavy atom. The van der Waals surface area contributed by atoms with Crippen molar-refractivity contribution in [2.24, 2.45) is 0 Å². The fourth-order valence-corrected chi connectivity index (χ4v) is 3.51. The highest BCUT2D eigenvalue weighted by Gasteiger charge is 2.34. The summed E-state index contributed by atoms with van der Waals surface area (Å²) in [4.78, 5) is 27.8. The van der Waals surface area contributed by atoms with E-state index in [1.165, 1.54) is 0 Å². The van der Waals surface area contributed by atoms with Crippen LogP contribution in [0.25, 0.3) is 0 Å². The van der Waals surface area contributed by atoms with Crippen LogP contribution in [0.5, 0.6) is 0 Å². The maximum atomic E-state index is 12.4. The van der Waals surface area contributed by atoms with Crippen LogP contribution in [0, 0.1) is 0 Å². The van der Waals surface area contributed by atoms with Gasteiger partial charge in [-0.1, -0.05) is 0 Å². The first kappa shape index (κ1) is 18.0. The van der Waals surface area contributed by atoms with E-state index in [1.54, 1.807) is 6.92 Å². The van der Waals surface area contributed by atoms with Crippen LogP contribution >= 0.6 is 0 Å². The van der Waals surface area contributed by atoms with E-state index in [9.17, 15) is 9.59 Å². The molecule has 0 radical (unpaired) electrons. The summed E-state index contributed by atoms with van der Waals surface area (Å²) in [5, 5.41) is 3.02. The third-order valence-corrected chi connectivity index (χ3v) is 4.39. The van der Waals surface area contributed by atoms with Gasteiger partial charge in [0.15, 0.2) is 0 Å². The molecule has 0 aliphatic carbocycles. The molecular weight excluding hydrogens is 294 g/mol. The number of nitrogens with one attached hydrogen (secondary N) is 1. The van der Waals surface area contributed by atoms with Gasteiger partial charge in [0, 0.05) is 38.6 Å². The molecule has 0 aromatic carbocycles. The van der Waals surface area contributed by atoms with E-state index in [0.717, 1.165) is 51.9 Å². The fourth-order valence-electron chi connectivity index (χ4n) is 3.51. The molecule has 2 amide bonds. The van der Waals surface area contributed by atoms with Crippen molar-refractivity contribution in [1.82, 2.24) is 15.1 Å². The summed E-state index contributed by atoms with van der Waals surface area (Å²) < 4.78 is 5.53. The Hall–Kier alpha value is -1.30. The Balaban J connectivity index is 1.88. The van der Waals surface area contributed by atoms with Crippen LogP contribution in [-0.2, 0) is 9.53 Å². The molecule has 0 bridgehead atoms. The molecule has 23 heavy (non-hydrogen) atoms. The van der Waals surface area contributed by atoms with Gasteiger partial charge in [0.25, 0.3) is 0 Å². The number of amides is 2. The van der Waals surface area contributed by atoms with Gasteiger partial charge in [0.2, 0.25) is 5.91 Å². The van der Waals surface area contributed by atoms with E-state index < -0.39 is 5.60 Å². The van der Waals surface area contributed by atoms with Gasteiger partial charge in [-0.05, 0) is 53.0 Å². The van der Waals surface area contributed by atoms with Crippen molar-refractivity contribution in [1.29, 1.82) is 0 Å². The van der Waals surface area contributed by atoms with Gasteiger partial charge in [0.1, 0.15) is 5.60 Å². The minimum atomic E-state index is -0.453. The molecule has 0 aromatic rings. The van der Waals surface area contributed by atoms with Gasteiger partial charge in [-0.2, -0.15) is 0 Å². The van der Waals surface area contributed by atoms with Crippen molar-refractivity contribution in [3.05, 3.63) is 0 Å². The summed E-state index contributed by atoms with van der Waals surface area (Å²) in [7, 11) is 0. The minimum absolute atomic E-state index is 0.0353. The van der Waals surface area contributed by atoms with Gasteiger partial charge in [-0.15, -0.1) is 0 Å². The van der Waals surface area contributed by atoms with Gasteiger partial charge >= 0.3 is 6.09 Å². The summed E-state index contributed by atoms with van der Waals surface area (Å²) >= 11 is 0. The summed E-state index contributed by atoms with van der Waals surface area (Å²) in [5.41, 5.74) is -0.453.